The van der Waals surface area contributed by atoms with Gasteiger partial charge in [0.25, 0.3) is 0 Å². The van der Waals surface area contributed by atoms with Crippen molar-refractivity contribution in [2.45, 2.75) is 59.5 Å². The molecule has 0 amide bonds. The molecule has 0 fully saturated rings. The number of hydrogen-bond donors (Lipinski definition) is 2. The van der Waals surface area contributed by atoms with Crippen molar-refractivity contribution in [2.75, 3.05) is 11.9 Å². The summed E-state index contributed by atoms with van der Waals surface area (Å²) in [4.78, 5) is 9.06. The fourth-order valence-electron chi connectivity index (χ4n) is 1.53. The number of nitrogens with zero attached hydrogens (tertiary/aromatic N) is 2. The molecule has 1 aromatic rings. The van der Waals surface area contributed by atoms with E-state index < -0.39 is 0 Å². The molecule has 0 saturated heterocycles. The van der Waals surface area contributed by atoms with E-state index >= 15 is 0 Å². The molecule has 0 bridgehead atoms. The minimum atomic E-state index is 0.0897. The van der Waals surface area contributed by atoms with Crippen LogP contribution >= 0.6 is 0 Å². The molecule has 2 N–H and O–H groups in total. The lowest BCUT2D eigenvalue weighted by atomic mass is 10.1. The van der Waals surface area contributed by atoms with Crippen molar-refractivity contribution in [1.82, 2.24) is 15.3 Å². The van der Waals surface area contributed by atoms with Crippen LogP contribution in [-0.4, -0.2) is 22.1 Å². The van der Waals surface area contributed by atoms with Crippen molar-refractivity contribution < 1.29 is 0 Å². The Morgan fingerprint density at radius 2 is 1.94 bits per heavy atom. The number of anilines is 1. The topological polar surface area (TPSA) is 49.8 Å². The van der Waals surface area contributed by atoms with E-state index in [1.807, 2.05) is 6.20 Å². The Balaban J connectivity index is 2.92. The van der Waals surface area contributed by atoms with Crippen LogP contribution in [0.5, 0.6) is 0 Å². The van der Waals surface area contributed by atoms with Crippen molar-refractivity contribution in [3.8, 4) is 0 Å². The van der Waals surface area contributed by atoms with Crippen LogP contribution in [0.15, 0.2) is 6.20 Å². The van der Waals surface area contributed by atoms with Crippen molar-refractivity contribution >= 4 is 5.69 Å². The van der Waals surface area contributed by atoms with E-state index in [0.717, 1.165) is 30.3 Å². The lowest BCUT2D eigenvalue weighted by molar-refractivity contribution is 0.421. The van der Waals surface area contributed by atoms with E-state index in [9.17, 15) is 0 Å². The molecule has 4 nitrogen and oxygen atoms in total. The van der Waals surface area contributed by atoms with Crippen LogP contribution in [0.4, 0.5) is 5.69 Å². The van der Waals surface area contributed by atoms with Gasteiger partial charge < -0.3 is 10.6 Å². The van der Waals surface area contributed by atoms with Gasteiger partial charge in [-0.1, -0.05) is 13.8 Å². The van der Waals surface area contributed by atoms with E-state index in [2.05, 4.69) is 62.1 Å². The second-order valence-corrected chi connectivity index (χ2v) is 5.88. The van der Waals surface area contributed by atoms with Crippen LogP contribution in [0.2, 0.25) is 0 Å². The molecule has 18 heavy (non-hydrogen) atoms. The number of nitrogens with one attached hydrogen (secondary N) is 2. The minimum Gasteiger partial charge on any atom is -0.383 e. The van der Waals surface area contributed by atoms with Gasteiger partial charge in [-0.15, -0.1) is 0 Å². The van der Waals surface area contributed by atoms with Gasteiger partial charge in [0.15, 0.2) is 0 Å². The normalized spacial score (nSPS) is 11.9. The SMILES string of the molecule is CCNc1cnc(C(C)C)nc1CNC(C)(C)C. The molecule has 0 aliphatic heterocycles. The Hall–Kier alpha value is -1.16. The predicted octanol–water partition coefficient (Wildman–Crippen LogP) is 2.92. The van der Waals surface area contributed by atoms with Crippen LogP contribution in [-0.2, 0) is 6.54 Å². The van der Waals surface area contributed by atoms with Gasteiger partial charge >= 0.3 is 0 Å². The molecule has 4 heteroatoms. The second kappa shape index (κ2) is 6.14. The van der Waals surface area contributed by atoms with E-state index in [1.165, 1.54) is 0 Å². The highest BCUT2D eigenvalue weighted by Crippen LogP contribution is 2.17. The van der Waals surface area contributed by atoms with Crippen LogP contribution in [0.3, 0.4) is 0 Å². The Morgan fingerprint density at radius 1 is 1.28 bits per heavy atom. The summed E-state index contributed by atoms with van der Waals surface area (Å²) >= 11 is 0. The van der Waals surface area contributed by atoms with Crippen LogP contribution < -0.4 is 10.6 Å². The smallest absolute Gasteiger partial charge is 0.131 e. The van der Waals surface area contributed by atoms with Crippen molar-refractivity contribution in [3.63, 3.8) is 0 Å². The quantitative estimate of drug-likeness (QED) is 0.843. The van der Waals surface area contributed by atoms with E-state index in [4.69, 9.17) is 0 Å². The lowest BCUT2D eigenvalue weighted by Gasteiger charge is -2.21. The second-order valence-electron chi connectivity index (χ2n) is 5.88. The van der Waals surface area contributed by atoms with Gasteiger partial charge in [0.1, 0.15) is 5.82 Å². The van der Waals surface area contributed by atoms with E-state index in [0.29, 0.717) is 5.92 Å². The molecular formula is C14H26N4. The minimum absolute atomic E-state index is 0.0897. The standard InChI is InChI=1S/C14H26N4/c1-7-15-11-8-16-13(10(2)3)18-12(11)9-17-14(4,5)6/h8,10,15,17H,7,9H2,1-6H3. The molecule has 0 aromatic carbocycles. The summed E-state index contributed by atoms with van der Waals surface area (Å²) in [6.07, 6.45) is 1.89. The molecule has 1 aromatic heterocycles. The summed E-state index contributed by atoms with van der Waals surface area (Å²) in [5.41, 5.74) is 2.16. The van der Waals surface area contributed by atoms with E-state index in [1.54, 1.807) is 0 Å². The van der Waals surface area contributed by atoms with Crippen molar-refractivity contribution in [1.29, 1.82) is 0 Å². The van der Waals surface area contributed by atoms with Gasteiger partial charge in [0, 0.05) is 24.5 Å². The van der Waals surface area contributed by atoms with Gasteiger partial charge in [-0.25, -0.2) is 9.97 Å². The van der Waals surface area contributed by atoms with Crippen molar-refractivity contribution in [2.24, 2.45) is 0 Å². The summed E-state index contributed by atoms with van der Waals surface area (Å²) < 4.78 is 0. The zero-order chi connectivity index (χ0) is 13.8. The zero-order valence-electron chi connectivity index (χ0n) is 12.5. The maximum Gasteiger partial charge on any atom is 0.131 e. The molecule has 1 rings (SSSR count). The molecule has 0 unspecified atom stereocenters. The lowest BCUT2D eigenvalue weighted by Crippen LogP contribution is -2.35. The third-order valence-electron chi connectivity index (χ3n) is 2.56. The number of rotatable bonds is 5. The highest BCUT2D eigenvalue weighted by atomic mass is 15.0. The first-order chi connectivity index (χ1) is 8.33. The zero-order valence-corrected chi connectivity index (χ0v) is 12.5. The van der Waals surface area contributed by atoms with Crippen molar-refractivity contribution in [3.05, 3.63) is 17.7 Å². The van der Waals surface area contributed by atoms with Gasteiger partial charge in [0.05, 0.1) is 17.6 Å². The van der Waals surface area contributed by atoms with Crippen LogP contribution in [0.1, 0.15) is 59.0 Å². The molecule has 102 valence electrons. The first-order valence-corrected chi connectivity index (χ1v) is 6.68. The molecule has 0 saturated carbocycles. The molecular weight excluding hydrogens is 224 g/mol. The van der Waals surface area contributed by atoms with Gasteiger partial charge in [-0.05, 0) is 27.7 Å². The molecule has 0 radical (unpaired) electrons. The predicted molar refractivity (Wildman–Crippen MR) is 76.9 cm³/mol. The summed E-state index contributed by atoms with van der Waals surface area (Å²) in [7, 11) is 0. The Bertz CT molecular complexity index is 380. The fourth-order valence-corrected chi connectivity index (χ4v) is 1.53. The molecule has 0 atom stereocenters. The Labute approximate surface area is 111 Å². The Kier molecular flexibility index (Phi) is 5.08. The molecule has 0 spiro atoms. The fraction of sp³-hybridized carbons (Fsp3) is 0.714. The van der Waals surface area contributed by atoms with E-state index in [-0.39, 0.29) is 5.54 Å². The first kappa shape index (κ1) is 14.9. The first-order valence-electron chi connectivity index (χ1n) is 6.68. The number of hydrogen-bond acceptors (Lipinski definition) is 4. The van der Waals surface area contributed by atoms with Gasteiger partial charge in [0.2, 0.25) is 0 Å². The third kappa shape index (κ3) is 4.61. The molecule has 0 aliphatic rings. The summed E-state index contributed by atoms with van der Waals surface area (Å²) in [6, 6.07) is 0. The highest BCUT2D eigenvalue weighted by molar-refractivity contribution is 5.46. The summed E-state index contributed by atoms with van der Waals surface area (Å²) in [5.74, 6) is 1.26. The van der Waals surface area contributed by atoms with Crippen LogP contribution in [0, 0.1) is 0 Å². The summed E-state index contributed by atoms with van der Waals surface area (Å²) in [6.45, 7) is 14.4. The maximum atomic E-state index is 4.66. The van der Waals surface area contributed by atoms with Gasteiger partial charge in [-0.2, -0.15) is 0 Å². The van der Waals surface area contributed by atoms with Crippen LogP contribution in [0.25, 0.3) is 0 Å². The number of aromatic nitrogens is 2. The molecule has 1 heterocycles. The molecule has 0 aliphatic carbocycles. The average molecular weight is 250 g/mol. The maximum absolute atomic E-state index is 4.66. The average Bonchev–Trinajstić information content (AvgIpc) is 2.26. The van der Waals surface area contributed by atoms with Gasteiger partial charge in [-0.3, -0.25) is 0 Å². The highest BCUT2D eigenvalue weighted by Gasteiger charge is 2.13. The largest absolute Gasteiger partial charge is 0.383 e. The summed E-state index contributed by atoms with van der Waals surface area (Å²) in [5, 5.41) is 6.79. The third-order valence-corrected chi connectivity index (χ3v) is 2.56. The monoisotopic (exact) mass is 250 g/mol. The Morgan fingerprint density at radius 3 is 2.44 bits per heavy atom.